The minimum absolute atomic E-state index is 0.634. The van der Waals surface area contributed by atoms with E-state index in [1.165, 1.54) is 25.7 Å². The number of hydrogen-bond acceptors (Lipinski definition) is 6. The number of rotatable bonds is 14. The molecule has 0 radical (unpaired) electrons. The van der Waals surface area contributed by atoms with Gasteiger partial charge in [0.2, 0.25) is 6.33 Å². The van der Waals surface area contributed by atoms with Crippen molar-refractivity contribution in [3.05, 3.63) is 34.0 Å². The van der Waals surface area contributed by atoms with Crippen molar-refractivity contribution in [1.29, 1.82) is 0 Å². The van der Waals surface area contributed by atoms with Gasteiger partial charge in [-0.3, -0.25) is 0 Å². The molecule has 1 heterocycles. The van der Waals surface area contributed by atoms with Gasteiger partial charge in [0.15, 0.2) is 0 Å². The van der Waals surface area contributed by atoms with Gasteiger partial charge in [-0.25, -0.2) is 9.13 Å². The van der Waals surface area contributed by atoms with Gasteiger partial charge in [-0.2, -0.15) is 0 Å². The second kappa shape index (κ2) is 15.6. The average Bonchev–Trinajstić information content (AvgIpc) is 3.05. The van der Waals surface area contributed by atoms with Crippen molar-refractivity contribution < 1.29 is 22.9 Å². The lowest BCUT2D eigenvalue weighted by molar-refractivity contribution is -0.696. The summed E-state index contributed by atoms with van der Waals surface area (Å²) in [5, 5.41) is 14.8. The molecule has 0 fully saturated rings. The lowest BCUT2D eigenvalue weighted by Gasteiger charge is -2.27. The summed E-state index contributed by atoms with van der Waals surface area (Å²) in [4.78, 5) is 8.25. The number of aryl methyl sites for hydroxylation is 2. The third kappa shape index (κ3) is 12.5. The van der Waals surface area contributed by atoms with Crippen molar-refractivity contribution in [1.82, 2.24) is 4.57 Å². The van der Waals surface area contributed by atoms with Gasteiger partial charge in [-0.15, -0.1) is 0 Å². The Bertz CT molecular complexity index is 480. The Balaban J connectivity index is 0.00000153. The molecule has 0 N–H and O–H groups in total. The molecule has 0 amide bonds. The SMILES string of the molecule is CCCCCC[n+]1ccn(CC[Si](OCC)(OCC)OCC)c1.O=[N+]([O-])[O-]. The summed E-state index contributed by atoms with van der Waals surface area (Å²) in [5.74, 6) is 0. The molecule has 0 spiro atoms. The van der Waals surface area contributed by atoms with Crippen LogP contribution in [0.25, 0.3) is 0 Å². The molecule has 0 aliphatic heterocycles. The fourth-order valence-electron chi connectivity index (χ4n) is 2.69. The van der Waals surface area contributed by atoms with Crippen LogP contribution in [0, 0.1) is 15.3 Å². The van der Waals surface area contributed by atoms with Gasteiger partial charge in [0.25, 0.3) is 0 Å². The zero-order valence-corrected chi connectivity index (χ0v) is 18.1. The molecule has 0 aliphatic carbocycles. The van der Waals surface area contributed by atoms with Crippen molar-refractivity contribution in [2.45, 2.75) is 72.5 Å². The lowest BCUT2D eigenvalue weighted by atomic mass is 10.2. The minimum atomic E-state index is -2.54. The van der Waals surface area contributed by atoms with E-state index in [2.05, 4.69) is 34.8 Å². The first-order valence-electron chi connectivity index (χ1n) is 9.71. The first-order valence-corrected chi connectivity index (χ1v) is 11.6. The van der Waals surface area contributed by atoms with Gasteiger partial charge in [-0.05, 0) is 33.6 Å². The maximum Gasteiger partial charge on any atom is 0.504 e. The Hall–Kier alpha value is -1.49. The third-order valence-electron chi connectivity index (χ3n) is 3.79. The molecule has 0 aliphatic rings. The van der Waals surface area contributed by atoms with Crippen LogP contribution in [0.3, 0.4) is 0 Å². The van der Waals surface area contributed by atoms with Crippen molar-refractivity contribution in [3.63, 3.8) is 0 Å². The molecule has 0 atom stereocenters. The highest BCUT2D eigenvalue weighted by Crippen LogP contribution is 2.17. The number of unbranched alkanes of at least 4 members (excludes halogenated alkanes) is 3. The van der Waals surface area contributed by atoms with Crippen LogP contribution >= 0.6 is 0 Å². The van der Waals surface area contributed by atoms with Crippen LogP contribution in [0.1, 0.15) is 53.4 Å². The largest absolute Gasteiger partial charge is 0.504 e. The van der Waals surface area contributed by atoms with Gasteiger partial charge < -0.3 is 28.6 Å². The highest BCUT2D eigenvalue weighted by molar-refractivity contribution is 6.60. The quantitative estimate of drug-likeness (QED) is 0.155. The molecule has 0 saturated carbocycles. The van der Waals surface area contributed by atoms with E-state index in [0.717, 1.165) is 19.1 Å². The van der Waals surface area contributed by atoms with Crippen LogP contribution in [0.15, 0.2) is 18.7 Å². The van der Waals surface area contributed by atoms with Gasteiger partial charge >= 0.3 is 8.80 Å². The third-order valence-corrected chi connectivity index (χ3v) is 6.81. The van der Waals surface area contributed by atoms with E-state index >= 15 is 0 Å². The Morgan fingerprint density at radius 1 is 1.00 bits per heavy atom. The first-order chi connectivity index (χ1) is 12.9. The van der Waals surface area contributed by atoms with E-state index in [1.807, 2.05) is 20.8 Å². The zero-order valence-electron chi connectivity index (χ0n) is 17.1. The molecular formula is C17H35N3O6Si. The summed E-state index contributed by atoms with van der Waals surface area (Å²) < 4.78 is 22.2. The van der Waals surface area contributed by atoms with Crippen molar-refractivity contribution >= 4 is 8.80 Å². The summed E-state index contributed by atoms with van der Waals surface area (Å²) in [6.45, 7) is 12.1. The Morgan fingerprint density at radius 2 is 1.56 bits per heavy atom. The number of hydrogen-bond donors (Lipinski definition) is 0. The fourth-order valence-corrected chi connectivity index (χ4v) is 5.23. The molecule has 1 rings (SSSR count). The van der Waals surface area contributed by atoms with E-state index in [1.54, 1.807) is 0 Å². The summed E-state index contributed by atoms with van der Waals surface area (Å²) in [5.41, 5.74) is 0. The van der Waals surface area contributed by atoms with E-state index < -0.39 is 13.9 Å². The normalized spacial score (nSPS) is 11.1. The minimum Gasteiger partial charge on any atom is -0.374 e. The maximum atomic E-state index is 8.25. The second-order valence-corrected chi connectivity index (χ2v) is 8.64. The topological polar surface area (TPSA) is 103 Å². The zero-order chi connectivity index (χ0) is 20.5. The summed E-state index contributed by atoms with van der Waals surface area (Å²) >= 11 is 0. The molecular weight excluding hydrogens is 370 g/mol. The van der Waals surface area contributed by atoms with E-state index in [-0.39, 0.29) is 0 Å². The number of imidazole rings is 1. The average molecular weight is 406 g/mol. The van der Waals surface area contributed by atoms with Crippen LogP contribution in [0.4, 0.5) is 0 Å². The van der Waals surface area contributed by atoms with Gasteiger partial charge in [-0.1, -0.05) is 19.8 Å². The number of nitrogens with zero attached hydrogens (tertiary/aromatic N) is 3. The van der Waals surface area contributed by atoms with Gasteiger partial charge in [0, 0.05) is 19.8 Å². The van der Waals surface area contributed by atoms with Crippen molar-refractivity contribution in [3.8, 4) is 0 Å². The van der Waals surface area contributed by atoms with Crippen LogP contribution in [-0.4, -0.2) is 38.3 Å². The molecule has 1 aromatic heterocycles. The summed E-state index contributed by atoms with van der Waals surface area (Å²) in [6, 6.07) is 0.813. The van der Waals surface area contributed by atoms with Gasteiger partial charge in [0.1, 0.15) is 12.4 Å². The van der Waals surface area contributed by atoms with Gasteiger partial charge in [0.05, 0.1) is 24.2 Å². The van der Waals surface area contributed by atoms with Crippen LogP contribution in [0.2, 0.25) is 6.04 Å². The van der Waals surface area contributed by atoms with E-state index in [4.69, 9.17) is 28.6 Å². The predicted octanol–water partition coefficient (Wildman–Crippen LogP) is 3.17. The van der Waals surface area contributed by atoms with E-state index in [9.17, 15) is 0 Å². The fraction of sp³-hybridized carbons (Fsp3) is 0.824. The van der Waals surface area contributed by atoms with Crippen LogP contribution in [-0.2, 0) is 26.4 Å². The molecule has 0 saturated heterocycles. The summed E-state index contributed by atoms with van der Waals surface area (Å²) in [7, 11) is -2.54. The molecule has 10 heteroatoms. The molecule has 9 nitrogen and oxygen atoms in total. The Labute approximate surface area is 163 Å². The molecule has 27 heavy (non-hydrogen) atoms. The Kier molecular flexibility index (Phi) is 14.7. The molecule has 1 aromatic rings. The molecule has 0 bridgehead atoms. The first kappa shape index (κ1) is 25.5. The van der Waals surface area contributed by atoms with E-state index in [0.29, 0.717) is 19.8 Å². The standard InChI is InChI=1S/C17H35N2O3Si.NO3/c1-5-9-10-11-12-18-13-14-19(17-18)15-16-23(20-6-2,21-7-3)22-8-4;2-1(3)4/h13-14,17H,5-12,15-16H2,1-4H3;/q+1;-1. The smallest absolute Gasteiger partial charge is 0.374 e. The van der Waals surface area contributed by atoms with Crippen molar-refractivity contribution in [2.75, 3.05) is 19.8 Å². The van der Waals surface area contributed by atoms with Crippen LogP contribution in [0.5, 0.6) is 0 Å². The monoisotopic (exact) mass is 405 g/mol. The lowest BCUT2D eigenvalue weighted by Crippen LogP contribution is -2.46. The van der Waals surface area contributed by atoms with Crippen molar-refractivity contribution in [2.24, 2.45) is 0 Å². The second-order valence-electron chi connectivity index (χ2n) is 5.91. The maximum absolute atomic E-state index is 8.25. The molecule has 0 aromatic carbocycles. The molecule has 158 valence electrons. The Morgan fingerprint density at radius 3 is 2.04 bits per heavy atom. The highest BCUT2D eigenvalue weighted by Gasteiger charge is 2.40. The van der Waals surface area contributed by atoms with Crippen LogP contribution < -0.4 is 4.57 Å². The summed E-state index contributed by atoms with van der Waals surface area (Å²) in [6.07, 6.45) is 11.6. The predicted molar refractivity (Wildman–Crippen MR) is 105 cm³/mol. The molecule has 0 unspecified atom stereocenters. The highest BCUT2D eigenvalue weighted by atomic mass is 28.4. The number of aromatic nitrogens is 2.